The Morgan fingerprint density at radius 3 is 3.08 bits per heavy atom. The summed E-state index contributed by atoms with van der Waals surface area (Å²) in [6, 6.07) is 0. The largest absolute Gasteiger partial charge is 0.314 e. The molecule has 0 radical (unpaired) electrons. The second-order valence-corrected chi connectivity index (χ2v) is 2.86. The molecule has 0 saturated heterocycles. The molecule has 1 rings (SSSR count). The monoisotopic (exact) mass is 168 g/mol. The zero-order chi connectivity index (χ0) is 8.81. The molecular formula is C8H16N4. The average molecular weight is 168 g/mol. The van der Waals surface area contributed by atoms with E-state index in [0.29, 0.717) is 0 Å². The van der Waals surface area contributed by atoms with Crippen LogP contribution in [-0.4, -0.2) is 22.0 Å². The third kappa shape index (κ3) is 2.62. The van der Waals surface area contributed by atoms with Crippen LogP contribution in [0.3, 0.4) is 0 Å². The number of hydrogen-bond acceptors (Lipinski definition) is 3. The summed E-state index contributed by atoms with van der Waals surface area (Å²) in [6.45, 7) is 3.95. The number of aryl methyl sites for hydroxylation is 1. The van der Waals surface area contributed by atoms with Crippen LogP contribution in [0, 0.1) is 0 Å². The molecule has 0 fully saturated rings. The van der Waals surface area contributed by atoms with Crippen LogP contribution in [0.25, 0.3) is 0 Å². The summed E-state index contributed by atoms with van der Waals surface area (Å²) in [7, 11) is 1.91. The molecule has 68 valence electrons. The smallest absolute Gasteiger partial charge is 0.0964 e. The highest BCUT2D eigenvalue weighted by Crippen LogP contribution is 1.95. The number of hydrogen-bond donors (Lipinski definition) is 1. The summed E-state index contributed by atoms with van der Waals surface area (Å²) in [5, 5.41) is 11.0. The van der Waals surface area contributed by atoms with Gasteiger partial charge in [-0.3, -0.25) is 4.68 Å². The van der Waals surface area contributed by atoms with Crippen LogP contribution < -0.4 is 5.32 Å². The fraction of sp³-hybridized carbons (Fsp3) is 0.750. The molecule has 0 aliphatic carbocycles. The van der Waals surface area contributed by atoms with E-state index in [9.17, 15) is 0 Å². The van der Waals surface area contributed by atoms with Gasteiger partial charge in [-0.25, -0.2) is 0 Å². The summed E-state index contributed by atoms with van der Waals surface area (Å²) < 4.78 is 1.90. The highest BCUT2D eigenvalue weighted by molar-refractivity contribution is 4.90. The maximum atomic E-state index is 4.01. The molecule has 0 unspecified atom stereocenters. The van der Waals surface area contributed by atoms with Gasteiger partial charge < -0.3 is 5.32 Å². The van der Waals surface area contributed by atoms with Crippen molar-refractivity contribution in [2.45, 2.75) is 32.9 Å². The highest BCUT2D eigenvalue weighted by Gasteiger charge is 1.97. The Bertz CT molecular complexity index is 219. The molecule has 0 saturated carbocycles. The molecule has 1 aromatic heterocycles. The molecule has 4 nitrogen and oxygen atoms in total. The third-order valence-corrected chi connectivity index (χ3v) is 1.68. The van der Waals surface area contributed by atoms with Crippen molar-refractivity contribution in [1.82, 2.24) is 20.3 Å². The van der Waals surface area contributed by atoms with Gasteiger partial charge in [0.2, 0.25) is 0 Å². The van der Waals surface area contributed by atoms with Crippen LogP contribution in [0.2, 0.25) is 0 Å². The maximum absolute atomic E-state index is 4.01. The Balaban J connectivity index is 2.41. The van der Waals surface area contributed by atoms with Crippen LogP contribution in [0.1, 0.15) is 25.5 Å². The Kier molecular flexibility index (Phi) is 3.73. The van der Waals surface area contributed by atoms with E-state index in [1.165, 1.54) is 12.8 Å². The predicted molar refractivity (Wildman–Crippen MR) is 47.7 cm³/mol. The van der Waals surface area contributed by atoms with Gasteiger partial charge in [-0.2, -0.15) is 0 Å². The van der Waals surface area contributed by atoms with Gasteiger partial charge in [-0.05, 0) is 13.5 Å². The van der Waals surface area contributed by atoms with Crippen molar-refractivity contribution in [2.75, 3.05) is 7.05 Å². The normalized spacial score (nSPS) is 10.5. The first-order valence-electron chi connectivity index (χ1n) is 4.40. The third-order valence-electron chi connectivity index (χ3n) is 1.68. The minimum Gasteiger partial charge on any atom is -0.314 e. The van der Waals surface area contributed by atoms with Gasteiger partial charge in [-0.15, -0.1) is 5.10 Å². The Labute approximate surface area is 73.0 Å². The molecular weight excluding hydrogens is 152 g/mol. The van der Waals surface area contributed by atoms with Crippen molar-refractivity contribution in [3.05, 3.63) is 11.9 Å². The van der Waals surface area contributed by atoms with Gasteiger partial charge in [0, 0.05) is 19.3 Å². The van der Waals surface area contributed by atoms with E-state index < -0.39 is 0 Å². The zero-order valence-corrected chi connectivity index (χ0v) is 7.75. The van der Waals surface area contributed by atoms with Crippen molar-refractivity contribution in [2.24, 2.45) is 0 Å². The fourth-order valence-corrected chi connectivity index (χ4v) is 1.03. The van der Waals surface area contributed by atoms with Gasteiger partial charge >= 0.3 is 0 Å². The van der Waals surface area contributed by atoms with Crippen molar-refractivity contribution < 1.29 is 0 Å². The fourth-order valence-electron chi connectivity index (χ4n) is 1.03. The summed E-state index contributed by atoms with van der Waals surface area (Å²) >= 11 is 0. The van der Waals surface area contributed by atoms with Gasteiger partial charge in [0.1, 0.15) is 0 Å². The molecule has 0 amide bonds. The molecule has 4 heteroatoms. The standard InChI is InChI=1S/C8H16N4/c1-3-4-5-12-7-8(6-9-2)10-11-12/h7,9H,3-6H2,1-2H3. The molecule has 0 aliphatic heterocycles. The van der Waals surface area contributed by atoms with Crippen LogP contribution in [0.5, 0.6) is 0 Å². The van der Waals surface area contributed by atoms with E-state index in [0.717, 1.165) is 18.8 Å². The second-order valence-electron chi connectivity index (χ2n) is 2.86. The molecule has 1 heterocycles. The topological polar surface area (TPSA) is 42.7 Å². The second kappa shape index (κ2) is 4.87. The van der Waals surface area contributed by atoms with Crippen LogP contribution in [-0.2, 0) is 13.1 Å². The van der Waals surface area contributed by atoms with Crippen LogP contribution in [0.15, 0.2) is 6.20 Å². The zero-order valence-electron chi connectivity index (χ0n) is 7.75. The van der Waals surface area contributed by atoms with Gasteiger partial charge in [0.15, 0.2) is 0 Å². The molecule has 1 aromatic rings. The summed E-state index contributed by atoms with van der Waals surface area (Å²) in [5.74, 6) is 0. The molecule has 0 bridgehead atoms. The number of nitrogens with zero attached hydrogens (tertiary/aromatic N) is 3. The Morgan fingerprint density at radius 1 is 1.58 bits per heavy atom. The molecule has 12 heavy (non-hydrogen) atoms. The number of aromatic nitrogens is 3. The van der Waals surface area contributed by atoms with E-state index in [1.807, 2.05) is 17.9 Å². The van der Waals surface area contributed by atoms with Crippen LogP contribution in [0.4, 0.5) is 0 Å². The molecule has 0 aliphatic rings. The van der Waals surface area contributed by atoms with E-state index in [-0.39, 0.29) is 0 Å². The first kappa shape index (κ1) is 9.19. The lowest BCUT2D eigenvalue weighted by Gasteiger charge is -1.95. The SMILES string of the molecule is CCCCn1cc(CNC)nn1. The van der Waals surface area contributed by atoms with Crippen molar-refractivity contribution in [3.8, 4) is 0 Å². The van der Waals surface area contributed by atoms with Crippen molar-refractivity contribution in [1.29, 1.82) is 0 Å². The minimum atomic E-state index is 0.798. The van der Waals surface area contributed by atoms with E-state index in [2.05, 4.69) is 22.6 Å². The molecule has 0 spiro atoms. The Morgan fingerprint density at radius 2 is 2.42 bits per heavy atom. The first-order chi connectivity index (χ1) is 5.86. The quantitative estimate of drug-likeness (QED) is 0.707. The highest BCUT2D eigenvalue weighted by atomic mass is 15.4. The lowest BCUT2D eigenvalue weighted by atomic mass is 10.3. The lowest BCUT2D eigenvalue weighted by molar-refractivity contribution is 0.553. The van der Waals surface area contributed by atoms with Crippen molar-refractivity contribution >= 4 is 0 Å². The van der Waals surface area contributed by atoms with E-state index >= 15 is 0 Å². The maximum Gasteiger partial charge on any atom is 0.0964 e. The molecule has 1 N–H and O–H groups in total. The number of nitrogens with one attached hydrogen (secondary N) is 1. The van der Waals surface area contributed by atoms with Crippen LogP contribution >= 0.6 is 0 Å². The summed E-state index contributed by atoms with van der Waals surface area (Å²) in [4.78, 5) is 0. The number of unbranched alkanes of at least 4 members (excludes halogenated alkanes) is 1. The van der Waals surface area contributed by atoms with E-state index in [4.69, 9.17) is 0 Å². The predicted octanol–water partition coefficient (Wildman–Crippen LogP) is 0.798. The lowest BCUT2D eigenvalue weighted by Crippen LogP contribution is -2.05. The average Bonchev–Trinajstić information content (AvgIpc) is 2.50. The summed E-state index contributed by atoms with van der Waals surface area (Å²) in [5.41, 5.74) is 1.01. The molecule has 0 atom stereocenters. The summed E-state index contributed by atoms with van der Waals surface area (Å²) in [6.07, 6.45) is 4.36. The van der Waals surface area contributed by atoms with Gasteiger partial charge in [0.05, 0.1) is 5.69 Å². The Hall–Kier alpha value is -0.900. The molecule has 0 aromatic carbocycles. The minimum absolute atomic E-state index is 0.798. The number of rotatable bonds is 5. The van der Waals surface area contributed by atoms with Gasteiger partial charge in [0.25, 0.3) is 0 Å². The van der Waals surface area contributed by atoms with Crippen molar-refractivity contribution in [3.63, 3.8) is 0 Å². The van der Waals surface area contributed by atoms with E-state index in [1.54, 1.807) is 0 Å². The van der Waals surface area contributed by atoms with Gasteiger partial charge in [-0.1, -0.05) is 18.6 Å². The first-order valence-corrected chi connectivity index (χ1v) is 4.40.